The zero-order valence-corrected chi connectivity index (χ0v) is 11.1. The zero-order chi connectivity index (χ0) is 11.4. The van der Waals surface area contributed by atoms with Crippen LogP contribution in [0.4, 0.5) is 0 Å². The number of rotatable bonds is 5. The molecule has 0 aliphatic carbocycles. The molecule has 0 aromatic carbocycles. The average molecular weight is 253 g/mol. The highest BCUT2D eigenvalue weighted by Crippen LogP contribution is 2.18. The van der Waals surface area contributed by atoms with Crippen LogP contribution in [0.3, 0.4) is 0 Å². The Hall–Kier alpha value is -0.810. The summed E-state index contributed by atoms with van der Waals surface area (Å²) in [5.41, 5.74) is 0. The molecule has 86 valence electrons. The Bertz CT molecular complexity index is 434. The summed E-state index contributed by atoms with van der Waals surface area (Å²) in [6.45, 7) is 5.13. The molecule has 0 fully saturated rings. The van der Waals surface area contributed by atoms with Crippen molar-refractivity contribution in [3.8, 4) is 0 Å². The van der Waals surface area contributed by atoms with E-state index in [0.717, 1.165) is 29.7 Å². The standard InChI is InChI=1S/C11H15N3S2/c1-3-15-11-13-12-9(2)14(11)7-6-10-5-4-8-16-10/h4-5,8H,3,6-7H2,1-2H3. The smallest absolute Gasteiger partial charge is 0.191 e. The molecule has 3 nitrogen and oxygen atoms in total. The molecule has 2 rings (SSSR count). The maximum absolute atomic E-state index is 4.18. The molecule has 5 heteroatoms. The van der Waals surface area contributed by atoms with Crippen LogP contribution in [-0.4, -0.2) is 20.5 Å². The highest BCUT2D eigenvalue weighted by Gasteiger charge is 2.08. The molecule has 2 aromatic heterocycles. The summed E-state index contributed by atoms with van der Waals surface area (Å²) in [6, 6.07) is 4.28. The molecule has 2 aromatic rings. The SMILES string of the molecule is CCSc1nnc(C)n1CCc1cccs1. The molecule has 0 radical (unpaired) electrons. The van der Waals surface area contributed by atoms with Gasteiger partial charge >= 0.3 is 0 Å². The van der Waals surface area contributed by atoms with Crippen LogP contribution in [0.2, 0.25) is 0 Å². The van der Waals surface area contributed by atoms with Crippen molar-refractivity contribution in [2.75, 3.05) is 5.75 Å². The summed E-state index contributed by atoms with van der Waals surface area (Å²) in [5, 5.41) is 11.5. The van der Waals surface area contributed by atoms with Gasteiger partial charge in [0, 0.05) is 11.4 Å². The average Bonchev–Trinajstić information content (AvgIpc) is 2.88. The fraction of sp³-hybridized carbons (Fsp3) is 0.455. The molecule has 2 heterocycles. The lowest BCUT2D eigenvalue weighted by atomic mass is 10.3. The van der Waals surface area contributed by atoms with Gasteiger partial charge in [0.2, 0.25) is 0 Å². The van der Waals surface area contributed by atoms with Gasteiger partial charge in [-0.1, -0.05) is 24.8 Å². The van der Waals surface area contributed by atoms with Gasteiger partial charge in [-0.25, -0.2) is 0 Å². The van der Waals surface area contributed by atoms with E-state index in [2.05, 4.69) is 39.2 Å². The van der Waals surface area contributed by atoms with Crippen molar-refractivity contribution in [3.05, 3.63) is 28.2 Å². The van der Waals surface area contributed by atoms with E-state index >= 15 is 0 Å². The fourth-order valence-corrected chi connectivity index (χ4v) is 2.97. The van der Waals surface area contributed by atoms with Gasteiger partial charge in [0.25, 0.3) is 0 Å². The zero-order valence-electron chi connectivity index (χ0n) is 9.51. The molecular weight excluding hydrogens is 238 g/mol. The predicted octanol–water partition coefficient (Wildman–Crippen LogP) is 3.00. The van der Waals surface area contributed by atoms with Gasteiger partial charge in [-0.2, -0.15) is 0 Å². The van der Waals surface area contributed by atoms with Crippen molar-refractivity contribution in [2.24, 2.45) is 0 Å². The van der Waals surface area contributed by atoms with Crippen molar-refractivity contribution >= 4 is 23.1 Å². The Morgan fingerprint density at radius 3 is 3.00 bits per heavy atom. The van der Waals surface area contributed by atoms with Crippen molar-refractivity contribution in [3.63, 3.8) is 0 Å². The number of hydrogen-bond donors (Lipinski definition) is 0. The largest absolute Gasteiger partial charge is 0.306 e. The van der Waals surface area contributed by atoms with Gasteiger partial charge < -0.3 is 4.57 Å². The molecule has 0 N–H and O–H groups in total. The van der Waals surface area contributed by atoms with E-state index in [4.69, 9.17) is 0 Å². The Kier molecular flexibility index (Phi) is 4.01. The van der Waals surface area contributed by atoms with E-state index in [-0.39, 0.29) is 0 Å². The molecule has 0 bridgehead atoms. The van der Waals surface area contributed by atoms with Gasteiger partial charge in [-0.3, -0.25) is 0 Å². The Labute approximate surface area is 104 Å². The van der Waals surface area contributed by atoms with Gasteiger partial charge in [-0.05, 0) is 30.5 Å². The number of aromatic nitrogens is 3. The summed E-state index contributed by atoms with van der Waals surface area (Å²) in [6.07, 6.45) is 1.06. The van der Waals surface area contributed by atoms with Crippen molar-refractivity contribution in [2.45, 2.75) is 32.0 Å². The lowest BCUT2D eigenvalue weighted by Crippen LogP contribution is -2.04. The number of nitrogens with zero attached hydrogens (tertiary/aromatic N) is 3. The summed E-state index contributed by atoms with van der Waals surface area (Å²) in [5.74, 6) is 2.05. The summed E-state index contributed by atoms with van der Waals surface area (Å²) in [4.78, 5) is 1.42. The second-order valence-electron chi connectivity index (χ2n) is 3.44. The quantitative estimate of drug-likeness (QED) is 0.767. The van der Waals surface area contributed by atoms with Crippen LogP contribution in [0.15, 0.2) is 22.7 Å². The molecule has 0 saturated carbocycles. The number of thiophene rings is 1. The maximum Gasteiger partial charge on any atom is 0.191 e. The number of aryl methyl sites for hydroxylation is 2. The van der Waals surface area contributed by atoms with Crippen LogP contribution in [0, 0.1) is 6.92 Å². The monoisotopic (exact) mass is 253 g/mol. The topological polar surface area (TPSA) is 30.7 Å². The van der Waals surface area contributed by atoms with Crippen LogP contribution in [0.25, 0.3) is 0 Å². The first-order valence-corrected chi connectivity index (χ1v) is 7.22. The Morgan fingerprint density at radius 2 is 2.31 bits per heavy atom. The number of hydrogen-bond acceptors (Lipinski definition) is 4. The molecule has 0 aliphatic heterocycles. The molecular formula is C11H15N3S2. The van der Waals surface area contributed by atoms with Gasteiger partial charge in [0.05, 0.1) is 0 Å². The minimum atomic E-state index is 0.974. The first kappa shape index (κ1) is 11.7. The van der Waals surface area contributed by atoms with Crippen molar-refractivity contribution in [1.82, 2.24) is 14.8 Å². The van der Waals surface area contributed by atoms with E-state index in [0.29, 0.717) is 0 Å². The number of thioether (sulfide) groups is 1. The molecule has 16 heavy (non-hydrogen) atoms. The van der Waals surface area contributed by atoms with Gasteiger partial charge in [-0.15, -0.1) is 21.5 Å². The highest BCUT2D eigenvalue weighted by molar-refractivity contribution is 7.99. The minimum Gasteiger partial charge on any atom is -0.306 e. The predicted molar refractivity (Wildman–Crippen MR) is 69.2 cm³/mol. The Morgan fingerprint density at radius 1 is 1.44 bits per heavy atom. The van der Waals surface area contributed by atoms with Crippen LogP contribution < -0.4 is 0 Å². The second kappa shape index (κ2) is 5.50. The van der Waals surface area contributed by atoms with Gasteiger partial charge in [0.1, 0.15) is 5.82 Å². The molecule has 0 spiro atoms. The van der Waals surface area contributed by atoms with E-state index in [1.54, 1.807) is 11.8 Å². The third-order valence-electron chi connectivity index (χ3n) is 2.34. The first-order chi connectivity index (χ1) is 7.81. The minimum absolute atomic E-state index is 0.974. The lowest BCUT2D eigenvalue weighted by Gasteiger charge is -2.06. The van der Waals surface area contributed by atoms with E-state index < -0.39 is 0 Å². The third kappa shape index (κ3) is 2.65. The molecule has 0 saturated heterocycles. The van der Waals surface area contributed by atoms with Crippen molar-refractivity contribution in [1.29, 1.82) is 0 Å². The van der Waals surface area contributed by atoms with Crippen LogP contribution in [0.1, 0.15) is 17.6 Å². The van der Waals surface area contributed by atoms with E-state index in [1.165, 1.54) is 4.88 Å². The molecule has 0 unspecified atom stereocenters. The summed E-state index contributed by atoms with van der Waals surface area (Å²) >= 11 is 3.56. The lowest BCUT2D eigenvalue weighted by molar-refractivity contribution is 0.621. The van der Waals surface area contributed by atoms with Crippen LogP contribution in [0.5, 0.6) is 0 Å². The molecule has 0 amide bonds. The Balaban J connectivity index is 2.05. The third-order valence-corrected chi connectivity index (χ3v) is 4.12. The fourth-order valence-electron chi connectivity index (χ4n) is 1.53. The van der Waals surface area contributed by atoms with Gasteiger partial charge in [0.15, 0.2) is 5.16 Å². The molecule has 0 aliphatic rings. The summed E-state index contributed by atoms with van der Waals surface area (Å²) in [7, 11) is 0. The normalized spacial score (nSPS) is 10.9. The highest BCUT2D eigenvalue weighted by atomic mass is 32.2. The first-order valence-electron chi connectivity index (χ1n) is 5.36. The van der Waals surface area contributed by atoms with Crippen LogP contribution in [-0.2, 0) is 13.0 Å². The van der Waals surface area contributed by atoms with Crippen molar-refractivity contribution < 1.29 is 0 Å². The van der Waals surface area contributed by atoms with Crippen LogP contribution >= 0.6 is 23.1 Å². The molecule has 0 atom stereocenters. The van der Waals surface area contributed by atoms with E-state index in [9.17, 15) is 0 Å². The summed E-state index contributed by atoms with van der Waals surface area (Å²) < 4.78 is 2.20. The second-order valence-corrected chi connectivity index (χ2v) is 5.71. The maximum atomic E-state index is 4.18. The van der Waals surface area contributed by atoms with E-state index in [1.807, 2.05) is 18.3 Å².